The Hall–Kier alpha value is -1.08. The van der Waals surface area contributed by atoms with E-state index in [9.17, 15) is 18.0 Å². The van der Waals surface area contributed by atoms with Crippen molar-refractivity contribution in [3.05, 3.63) is 28.2 Å². The molecule has 1 rings (SSSR count). The molecule has 0 spiro atoms. The maximum atomic E-state index is 12.9. The third kappa shape index (κ3) is 4.79. The van der Waals surface area contributed by atoms with E-state index in [1.807, 2.05) is 13.8 Å². The van der Waals surface area contributed by atoms with E-state index in [1.165, 1.54) is 12.1 Å². The Balaban J connectivity index is 2.95. The molecule has 7 heteroatoms. The Morgan fingerprint density at radius 3 is 2.50 bits per heavy atom. The minimum atomic E-state index is -4.55. The van der Waals surface area contributed by atoms with Gasteiger partial charge in [0.1, 0.15) is 0 Å². The third-order valence-corrected chi connectivity index (χ3v) is 3.10. The summed E-state index contributed by atoms with van der Waals surface area (Å²) in [6.45, 7) is 3.77. The molecule has 3 N–H and O–H groups in total. The molecule has 0 heterocycles. The van der Waals surface area contributed by atoms with Crippen LogP contribution in [0.1, 0.15) is 25.8 Å². The molecule has 0 aliphatic heterocycles. The minimum absolute atomic E-state index is 0.183. The zero-order valence-corrected chi connectivity index (χ0v) is 12.7. The molecule has 0 radical (unpaired) electrons. The van der Waals surface area contributed by atoms with Gasteiger partial charge in [0.2, 0.25) is 5.91 Å². The van der Waals surface area contributed by atoms with Gasteiger partial charge in [-0.05, 0) is 30.5 Å². The highest BCUT2D eigenvalue weighted by molar-refractivity contribution is 9.10. The quantitative estimate of drug-likeness (QED) is 0.866. The number of rotatable bonds is 4. The highest BCUT2D eigenvalue weighted by atomic mass is 79.9. The normalized spacial score (nSPS) is 13.4. The number of benzene rings is 1. The summed E-state index contributed by atoms with van der Waals surface area (Å²) in [6.07, 6.45) is -4.14. The van der Waals surface area contributed by atoms with Crippen LogP contribution in [0.2, 0.25) is 0 Å². The lowest BCUT2D eigenvalue weighted by Gasteiger charge is -2.17. The van der Waals surface area contributed by atoms with E-state index < -0.39 is 23.7 Å². The maximum Gasteiger partial charge on any atom is 0.418 e. The molecule has 3 nitrogen and oxygen atoms in total. The van der Waals surface area contributed by atoms with Gasteiger partial charge >= 0.3 is 6.18 Å². The number of nitrogens with one attached hydrogen (secondary N) is 1. The molecule has 0 aromatic heterocycles. The summed E-state index contributed by atoms with van der Waals surface area (Å²) in [7, 11) is 0. The zero-order chi connectivity index (χ0) is 15.5. The van der Waals surface area contributed by atoms with Crippen molar-refractivity contribution in [2.45, 2.75) is 32.5 Å². The number of carbonyl (C=O) groups excluding carboxylic acids is 1. The van der Waals surface area contributed by atoms with Crippen LogP contribution in [0, 0.1) is 5.92 Å². The van der Waals surface area contributed by atoms with E-state index in [2.05, 4.69) is 21.2 Å². The molecule has 0 bridgehead atoms. The Morgan fingerprint density at radius 2 is 2.00 bits per heavy atom. The number of nitrogens with two attached hydrogens (primary N) is 1. The summed E-state index contributed by atoms with van der Waals surface area (Å²) in [6, 6.07) is 2.72. The molecule has 0 fully saturated rings. The van der Waals surface area contributed by atoms with Crippen LogP contribution in [0.5, 0.6) is 0 Å². The predicted molar refractivity (Wildman–Crippen MR) is 75.2 cm³/mol. The van der Waals surface area contributed by atoms with E-state index in [4.69, 9.17) is 5.73 Å². The fourth-order valence-electron chi connectivity index (χ4n) is 1.70. The first-order valence-electron chi connectivity index (χ1n) is 6.04. The number of halogens is 4. The lowest BCUT2D eigenvalue weighted by molar-refractivity contribution is -0.137. The third-order valence-electron chi connectivity index (χ3n) is 2.61. The summed E-state index contributed by atoms with van der Waals surface area (Å²) in [5.74, 6) is -0.436. The number of hydrogen-bond acceptors (Lipinski definition) is 2. The van der Waals surface area contributed by atoms with Gasteiger partial charge in [-0.2, -0.15) is 13.2 Å². The molecular formula is C13H16BrF3N2O. The second-order valence-corrected chi connectivity index (χ2v) is 5.83. The van der Waals surface area contributed by atoms with Gasteiger partial charge in [0.15, 0.2) is 0 Å². The Labute approximate surface area is 123 Å². The molecule has 20 heavy (non-hydrogen) atoms. The van der Waals surface area contributed by atoms with Crippen LogP contribution in [0.25, 0.3) is 0 Å². The fourth-order valence-corrected chi connectivity index (χ4v) is 2.06. The topological polar surface area (TPSA) is 55.1 Å². The van der Waals surface area contributed by atoms with Crippen LogP contribution in [-0.4, -0.2) is 11.9 Å². The Bertz CT molecular complexity index is 489. The Kier molecular flexibility index (Phi) is 5.59. The molecule has 0 aliphatic rings. The van der Waals surface area contributed by atoms with E-state index >= 15 is 0 Å². The van der Waals surface area contributed by atoms with E-state index in [0.717, 1.165) is 6.07 Å². The van der Waals surface area contributed by atoms with Crippen LogP contribution in [0.15, 0.2) is 22.7 Å². The second kappa shape index (κ2) is 6.58. The van der Waals surface area contributed by atoms with Crippen molar-refractivity contribution in [1.82, 2.24) is 0 Å². The van der Waals surface area contributed by atoms with Crippen molar-refractivity contribution in [2.24, 2.45) is 11.7 Å². The van der Waals surface area contributed by atoms with Gasteiger partial charge in [0.05, 0.1) is 17.3 Å². The average molecular weight is 353 g/mol. The molecule has 0 aliphatic carbocycles. The summed E-state index contributed by atoms with van der Waals surface area (Å²) in [5, 5.41) is 2.24. The van der Waals surface area contributed by atoms with Gasteiger partial charge in [0.25, 0.3) is 0 Å². The molecular weight excluding hydrogens is 337 g/mol. The molecule has 0 saturated carbocycles. The van der Waals surface area contributed by atoms with Crippen molar-refractivity contribution >= 4 is 27.5 Å². The van der Waals surface area contributed by atoms with Crippen LogP contribution < -0.4 is 11.1 Å². The van der Waals surface area contributed by atoms with Crippen molar-refractivity contribution in [3.63, 3.8) is 0 Å². The van der Waals surface area contributed by atoms with Crippen molar-refractivity contribution in [3.8, 4) is 0 Å². The van der Waals surface area contributed by atoms with Crippen LogP contribution in [-0.2, 0) is 11.0 Å². The average Bonchev–Trinajstić information content (AvgIpc) is 2.29. The van der Waals surface area contributed by atoms with Gasteiger partial charge in [0, 0.05) is 4.47 Å². The number of anilines is 1. The standard InChI is InChI=1S/C13H16BrF3N2O/c1-7(2)5-10(18)12(20)19-11-4-3-8(14)6-9(11)13(15,16)17/h3-4,6-7,10H,5,18H2,1-2H3,(H,19,20)/t10-/m0/s1. The summed E-state index contributed by atoms with van der Waals surface area (Å²) in [4.78, 5) is 11.8. The summed E-state index contributed by atoms with van der Waals surface area (Å²) >= 11 is 2.98. The first-order chi connectivity index (χ1) is 9.11. The number of amides is 1. The zero-order valence-electron chi connectivity index (χ0n) is 11.1. The van der Waals surface area contributed by atoms with Crippen molar-refractivity contribution in [2.75, 3.05) is 5.32 Å². The fraction of sp³-hybridized carbons (Fsp3) is 0.462. The molecule has 1 aromatic rings. The summed E-state index contributed by atoms with van der Waals surface area (Å²) < 4.78 is 38.9. The molecule has 1 aromatic carbocycles. The van der Waals surface area contributed by atoms with Crippen LogP contribution >= 0.6 is 15.9 Å². The Morgan fingerprint density at radius 1 is 1.40 bits per heavy atom. The van der Waals surface area contributed by atoms with Gasteiger partial charge in [-0.15, -0.1) is 0 Å². The SMILES string of the molecule is CC(C)C[C@H](N)C(=O)Nc1ccc(Br)cc1C(F)(F)F. The molecule has 0 unspecified atom stereocenters. The second-order valence-electron chi connectivity index (χ2n) is 4.91. The van der Waals surface area contributed by atoms with Gasteiger partial charge in [-0.25, -0.2) is 0 Å². The number of carbonyl (C=O) groups is 1. The van der Waals surface area contributed by atoms with E-state index in [-0.39, 0.29) is 16.1 Å². The molecule has 0 saturated heterocycles. The monoisotopic (exact) mass is 352 g/mol. The molecule has 112 valence electrons. The van der Waals surface area contributed by atoms with Crippen molar-refractivity contribution < 1.29 is 18.0 Å². The van der Waals surface area contributed by atoms with Crippen LogP contribution in [0.3, 0.4) is 0 Å². The van der Waals surface area contributed by atoms with Crippen LogP contribution in [0.4, 0.5) is 18.9 Å². The molecule has 1 amide bonds. The van der Waals surface area contributed by atoms with Gasteiger partial charge < -0.3 is 11.1 Å². The smallest absolute Gasteiger partial charge is 0.324 e. The van der Waals surface area contributed by atoms with E-state index in [0.29, 0.717) is 6.42 Å². The highest BCUT2D eigenvalue weighted by Crippen LogP contribution is 2.36. The lowest BCUT2D eigenvalue weighted by atomic mass is 10.0. The maximum absolute atomic E-state index is 12.9. The summed E-state index contributed by atoms with van der Waals surface area (Å²) in [5.41, 5.74) is 4.46. The van der Waals surface area contributed by atoms with E-state index in [1.54, 1.807) is 0 Å². The largest absolute Gasteiger partial charge is 0.418 e. The predicted octanol–water partition coefficient (Wildman–Crippen LogP) is 3.78. The van der Waals surface area contributed by atoms with Crippen molar-refractivity contribution in [1.29, 1.82) is 0 Å². The minimum Gasteiger partial charge on any atom is -0.324 e. The highest BCUT2D eigenvalue weighted by Gasteiger charge is 2.34. The van der Waals surface area contributed by atoms with Gasteiger partial charge in [-0.3, -0.25) is 4.79 Å². The first-order valence-corrected chi connectivity index (χ1v) is 6.83. The number of alkyl halides is 3. The van der Waals surface area contributed by atoms with Gasteiger partial charge in [-0.1, -0.05) is 29.8 Å². The first kappa shape index (κ1) is 17.0. The molecule has 1 atom stereocenters. The lowest BCUT2D eigenvalue weighted by Crippen LogP contribution is -2.37. The number of hydrogen-bond donors (Lipinski definition) is 2.